The quantitative estimate of drug-likeness (QED) is 0.259. The van der Waals surface area contributed by atoms with Gasteiger partial charge in [-0.2, -0.15) is 26.3 Å². The van der Waals surface area contributed by atoms with Gasteiger partial charge in [-0.3, -0.25) is 4.79 Å². The molecule has 1 atom stereocenters. The van der Waals surface area contributed by atoms with Crippen LogP contribution in [0.4, 0.5) is 30.7 Å². The molecule has 4 rings (SSSR count). The number of nitrogens with one attached hydrogen (secondary N) is 1. The molecule has 0 radical (unpaired) electrons. The number of carbonyl (C=O) groups is 1. The van der Waals surface area contributed by atoms with Crippen LogP contribution in [0.1, 0.15) is 32.1 Å². The number of hydrogen-bond acceptors (Lipinski definition) is 6. The van der Waals surface area contributed by atoms with Crippen LogP contribution in [0.15, 0.2) is 22.6 Å². The van der Waals surface area contributed by atoms with E-state index in [1.165, 1.54) is 0 Å². The molecule has 1 aromatic heterocycles. The van der Waals surface area contributed by atoms with Crippen molar-refractivity contribution >= 4 is 67.9 Å². The molecular formula is C19H11Cl2F7N2O3S3. The smallest absolute Gasteiger partial charge is 0.347 e. The van der Waals surface area contributed by atoms with Crippen molar-refractivity contribution in [3.05, 3.63) is 54.9 Å². The van der Waals surface area contributed by atoms with E-state index < -0.39 is 88.7 Å². The Hall–Kier alpha value is -1.55. The summed E-state index contributed by atoms with van der Waals surface area (Å²) in [7, 11) is -3.37. The highest BCUT2D eigenvalue weighted by Crippen LogP contribution is 2.57. The summed E-state index contributed by atoms with van der Waals surface area (Å²) in [4.78, 5) is 11.3. The fourth-order valence-electron chi connectivity index (χ4n) is 3.64. The number of nitrogens with zero attached hydrogens (tertiary/aromatic N) is 1. The zero-order valence-corrected chi connectivity index (χ0v) is 21.2. The molecule has 1 amide bonds. The minimum Gasteiger partial charge on any atom is -0.347 e. The topological polar surface area (TPSA) is 75.6 Å². The summed E-state index contributed by atoms with van der Waals surface area (Å²) in [6, 6.07) is 1.10. The Morgan fingerprint density at radius 2 is 1.67 bits per heavy atom. The molecule has 36 heavy (non-hydrogen) atoms. The highest BCUT2D eigenvalue weighted by atomic mass is 35.5. The molecule has 0 saturated carbocycles. The number of carbonyl (C=O) groups excluding carboxylic acids is 1. The van der Waals surface area contributed by atoms with Crippen LogP contribution in [-0.2, 0) is 20.8 Å². The first-order valence-corrected chi connectivity index (χ1v) is 13.8. The third kappa shape index (κ3) is 4.96. The predicted octanol–water partition coefficient (Wildman–Crippen LogP) is 6.04. The van der Waals surface area contributed by atoms with Gasteiger partial charge >= 0.3 is 12.4 Å². The van der Waals surface area contributed by atoms with E-state index in [-0.39, 0.29) is 33.9 Å². The normalized spacial score (nSPS) is 22.3. The van der Waals surface area contributed by atoms with Gasteiger partial charge in [0.05, 0.1) is 43.7 Å². The Balaban J connectivity index is 1.69. The number of benzene rings is 1. The van der Waals surface area contributed by atoms with E-state index in [0.29, 0.717) is 6.07 Å². The minimum atomic E-state index is -5.03. The second kappa shape index (κ2) is 9.03. The van der Waals surface area contributed by atoms with Crippen LogP contribution < -0.4 is 5.32 Å². The first-order chi connectivity index (χ1) is 16.4. The van der Waals surface area contributed by atoms with Crippen molar-refractivity contribution in [2.24, 2.45) is 4.40 Å². The van der Waals surface area contributed by atoms with Crippen LogP contribution in [0, 0.1) is 5.82 Å². The maximum absolute atomic E-state index is 14.2. The zero-order chi connectivity index (χ0) is 26.8. The molecule has 2 aliphatic rings. The molecule has 17 heteroatoms. The number of alkyl halides is 6. The van der Waals surface area contributed by atoms with Gasteiger partial charge < -0.3 is 5.32 Å². The fourth-order valence-corrected chi connectivity index (χ4v) is 7.50. The third-order valence-electron chi connectivity index (χ3n) is 5.41. The molecule has 1 N–H and O–H groups in total. The van der Waals surface area contributed by atoms with Crippen LogP contribution in [0.5, 0.6) is 0 Å². The largest absolute Gasteiger partial charge is 0.418 e. The molecular weight excluding hydrogens is 604 g/mol. The molecule has 0 spiro atoms. The second-order valence-electron chi connectivity index (χ2n) is 7.98. The zero-order valence-electron chi connectivity index (χ0n) is 17.2. The van der Waals surface area contributed by atoms with E-state index in [9.17, 15) is 43.9 Å². The van der Waals surface area contributed by atoms with E-state index in [2.05, 4.69) is 9.71 Å². The molecule has 1 saturated heterocycles. The predicted molar refractivity (Wildman–Crippen MR) is 122 cm³/mol. The van der Waals surface area contributed by atoms with Gasteiger partial charge in [-0.15, -0.1) is 11.3 Å². The van der Waals surface area contributed by atoms with Crippen molar-refractivity contribution in [3.63, 3.8) is 0 Å². The summed E-state index contributed by atoms with van der Waals surface area (Å²) in [5, 5.41) is 0.835. The van der Waals surface area contributed by atoms with Crippen molar-refractivity contribution in [1.29, 1.82) is 0 Å². The van der Waals surface area contributed by atoms with Crippen LogP contribution in [-0.4, -0.2) is 43.8 Å². The lowest BCUT2D eigenvalue weighted by molar-refractivity contribution is -0.159. The fraction of sp³-hybridized carbons (Fsp3) is 0.368. The van der Waals surface area contributed by atoms with Gasteiger partial charge in [-0.25, -0.2) is 17.2 Å². The average molecular weight is 615 g/mol. The Kier molecular flexibility index (Phi) is 6.90. The Morgan fingerprint density at radius 1 is 1.08 bits per heavy atom. The van der Waals surface area contributed by atoms with Crippen molar-refractivity contribution < 1.29 is 43.9 Å². The lowest BCUT2D eigenvalue weighted by Crippen LogP contribution is -2.53. The van der Waals surface area contributed by atoms with E-state index in [4.69, 9.17) is 23.2 Å². The molecule has 0 bridgehead atoms. The van der Waals surface area contributed by atoms with Crippen LogP contribution >= 0.6 is 46.5 Å². The van der Waals surface area contributed by atoms with Crippen LogP contribution in [0.25, 0.3) is 0 Å². The number of amides is 1. The van der Waals surface area contributed by atoms with Gasteiger partial charge in [-0.05, 0) is 35.7 Å². The maximum atomic E-state index is 14.2. The van der Waals surface area contributed by atoms with Crippen molar-refractivity contribution in [2.75, 3.05) is 11.5 Å². The lowest BCUT2D eigenvalue weighted by atomic mass is 9.91. The van der Waals surface area contributed by atoms with Crippen LogP contribution in [0.2, 0.25) is 10.0 Å². The van der Waals surface area contributed by atoms with Gasteiger partial charge in [-0.1, -0.05) is 23.2 Å². The molecule has 1 fully saturated rings. The maximum Gasteiger partial charge on any atom is 0.418 e. The second-order valence-corrected chi connectivity index (χ2v) is 13.1. The summed E-state index contributed by atoms with van der Waals surface area (Å²) in [5.74, 6) is -3.20. The van der Waals surface area contributed by atoms with Crippen molar-refractivity contribution in [2.45, 2.75) is 29.6 Å². The first kappa shape index (κ1) is 27.5. The van der Waals surface area contributed by atoms with Gasteiger partial charge in [0.25, 0.3) is 5.91 Å². The molecule has 2 aromatic rings. The van der Waals surface area contributed by atoms with Gasteiger partial charge in [0.2, 0.25) is 0 Å². The van der Waals surface area contributed by atoms with Crippen molar-refractivity contribution in [3.8, 4) is 0 Å². The summed E-state index contributed by atoms with van der Waals surface area (Å²) in [6.45, 7) is 0. The number of hydrogen-bond donors (Lipinski definition) is 1. The summed E-state index contributed by atoms with van der Waals surface area (Å²) < 4.78 is 121. The third-order valence-corrected chi connectivity index (χ3v) is 10.2. The molecule has 196 valence electrons. The van der Waals surface area contributed by atoms with Gasteiger partial charge in [0, 0.05) is 6.42 Å². The van der Waals surface area contributed by atoms with Crippen LogP contribution in [0.3, 0.4) is 0 Å². The summed E-state index contributed by atoms with van der Waals surface area (Å²) in [6.07, 6.45) is -11.0. The van der Waals surface area contributed by atoms with Gasteiger partial charge in [0.15, 0.2) is 20.4 Å². The Bertz CT molecular complexity index is 1350. The number of halogens is 9. The standard InChI is InChI=1S/C19H11Cl2F7N2O3S3/c20-10-1-7(2-11(21)14(10)22)17(19(26,27)28)4-12(30-35-17)13-3-9(18(23,24)25)15(34-13)16(31)29-8-5-36(32,33)6-8/h1-3,8H,4-6H2,(H,29,31). The lowest BCUT2D eigenvalue weighted by Gasteiger charge is -2.30. The summed E-state index contributed by atoms with van der Waals surface area (Å²) in [5.41, 5.74) is -2.33. The molecule has 0 aliphatic carbocycles. The number of sulfone groups is 1. The highest BCUT2D eigenvalue weighted by molar-refractivity contribution is 7.99. The average Bonchev–Trinajstić information content (AvgIpc) is 3.35. The first-order valence-electron chi connectivity index (χ1n) is 9.63. The number of thiophene rings is 1. The monoisotopic (exact) mass is 614 g/mol. The van der Waals surface area contributed by atoms with Crippen molar-refractivity contribution in [1.82, 2.24) is 5.32 Å². The minimum absolute atomic E-state index is 0.0116. The highest BCUT2D eigenvalue weighted by Gasteiger charge is 2.60. The SMILES string of the molecule is O=C(NC1CS(=O)(=O)C1)c1sc(C2=NSC(c3cc(Cl)c(F)c(Cl)c3)(C(F)(F)F)C2)cc1C(F)(F)F. The molecule has 1 aromatic carbocycles. The molecule has 5 nitrogen and oxygen atoms in total. The molecule has 3 heterocycles. The Morgan fingerprint density at radius 3 is 2.17 bits per heavy atom. The van der Waals surface area contributed by atoms with E-state index in [0.717, 1.165) is 12.1 Å². The van der Waals surface area contributed by atoms with Gasteiger partial charge in [0.1, 0.15) is 4.88 Å². The van der Waals surface area contributed by atoms with E-state index in [1.807, 2.05) is 0 Å². The van der Waals surface area contributed by atoms with E-state index >= 15 is 0 Å². The number of rotatable bonds is 4. The summed E-state index contributed by atoms with van der Waals surface area (Å²) >= 11 is 11.6. The van der Waals surface area contributed by atoms with E-state index in [1.54, 1.807) is 0 Å². The molecule has 1 unspecified atom stereocenters. The Labute approximate surface area is 217 Å². The molecule has 2 aliphatic heterocycles.